The van der Waals surface area contributed by atoms with E-state index in [1.165, 1.54) is 5.57 Å². The molecule has 1 amide bonds. The lowest BCUT2D eigenvalue weighted by Gasteiger charge is -2.28. The van der Waals surface area contributed by atoms with Crippen molar-refractivity contribution in [2.24, 2.45) is 0 Å². The van der Waals surface area contributed by atoms with Crippen LogP contribution in [-0.2, 0) is 0 Å². The van der Waals surface area contributed by atoms with Crippen LogP contribution in [0.1, 0.15) is 36.5 Å². The van der Waals surface area contributed by atoms with Crippen molar-refractivity contribution in [3.05, 3.63) is 47.5 Å². The fourth-order valence-electron chi connectivity index (χ4n) is 2.25. The highest BCUT2D eigenvalue weighted by Crippen LogP contribution is 2.18. The van der Waals surface area contributed by atoms with Crippen LogP contribution in [0.15, 0.2) is 42.0 Å². The van der Waals surface area contributed by atoms with E-state index in [4.69, 9.17) is 0 Å². The summed E-state index contributed by atoms with van der Waals surface area (Å²) in [5.41, 5.74) is 2.31. The molecule has 1 fully saturated rings. The zero-order chi connectivity index (χ0) is 12.1. The van der Waals surface area contributed by atoms with Crippen molar-refractivity contribution >= 4 is 5.91 Å². The van der Waals surface area contributed by atoms with Gasteiger partial charge >= 0.3 is 0 Å². The van der Waals surface area contributed by atoms with Gasteiger partial charge < -0.3 is 4.90 Å². The maximum atomic E-state index is 12.2. The molecular weight excluding hydrogens is 210 g/mol. The molecular formula is C15H19NO. The third-order valence-corrected chi connectivity index (χ3v) is 3.21. The molecule has 1 aromatic carbocycles. The van der Waals surface area contributed by atoms with Crippen LogP contribution in [0.25, 0.3) is 0 Å². The summed E-state index contributed by atoms with van der Waals surface area (Å²) in [5.74, 6) is 0.168. The first-order valence-corrected chi connectivity index (χ1v) is 6.33. The van der Waals surface area contributed by atoms with Crippen LogP contribution in [0.2, 0.25) is 0 Å². The van der Waals surface area contributed by atoms with Gasteiger partial charge in [-0.25, -0.2) is 0 Å². The van der Waals surface area contributed by atoms with E-state index in [1.54, 1.807) is 0 Å². The van der Waals surface area contributed by atoms with Crippen molar-refractivity contribution in [1.29, 1.82) is 0 Å². The minimum Gasteiger partial charge on any atom is -0.338 e. The molecule has 0 aromatic heterocycles. The Bertz CT molecular complexity index is 398. The SMILES string of the molecule is CCC=C1CCN(C(=O)c2ccccc2)CC1. The minimum absolute atomic E-state index is 0.168. The Morgan fingerprint density at radius 3 is 2.47 bits per heavy atom. The number of likely N-dealkylation sites (tertiary alicyclic amines) is 1. The number of carbonyl (C=O) groups is 1. The number of hydrogen-bond donors (Lipinski definition) is 0. The van der Waals surface area contributed by atoms with Crippen molar-refractivity contribution in [2.45, 2.75) is 26.2 Å². The summed E-state index contributed by atoms with van der Waals surface area (Å²) in [6.45, 7) is 3.88. The van der Waals surface area contributed by atoms with Crippen molar-refractivity contribution in [3.8, 4) is 0 Å². The summed E-state index contributed by atoms with van der Waals surface area (Å²) in [4.78, 5) is 14.1. The smallest absolute Gasteiger partial charge is 0.253 e. The molecule has 0 N–H and O–H groups in total. The molecule has 90 valence electrons. The molecule has 0 aliphatic carbocycles. The molecule has 1 heterocycles. The fourth-order valence-corrected chi connectivity index (χ4v) is 2.25. The summed E-state index contributed by atoms with van der Waals surface area (Å²) in [7, 11) is 0. The number of carbonyl (C=O) groups excluding carboxylic acids is 1. The molecule has 0 unspecified atom stereocenters. The van der Waals surface area contributed by atoms with Gasteiger partial charge in [0.2, 0.25) is 0 Å². The molecule has 1 aromatic rings. The Morgan fingerprint density at radius 1 is 1.24 bits per heavy atom. The second-order valence-electron chi connectivity index (χ2n) is 4.43. The van der Waals surface area contributed by atoms with Gasteiger partial charge in [-0.3, -0.25) is 4.79 Å². The van der Waals surface area contributed by atoms with E-state index in [2.05, 4.69) is 13.0 Å². The van der Waals surface area contributed by atoms with E-state index >= 15 is 0 Å². The first kappa shape index (κ1) is 11.9. The van der Waals surface area contributed by atoms with E-state index in [0.717, 1.165) is 37.9 Å². The van der Waals surface area contributed by atoms with E-state index in [-0.39, 0.29) is 5.91 Å². The monoisotopic (exact) mass is 229 g/mol. The number of amides is 1. The van der Waals surface area contributed by atoms with Crippen LogP contribution in [0.5, 0.6) is 0 Å². The third kappa shape index (κ3) is 2.96. The first-order chi connectivity index (χ1) is 8.31. The van der Waals surface area contributed by atoms with E-state index in [0.29, 0.717) is 0 Å². The highest BCUT2D eigenvalue weighted by molar-refractivity contribution is 5.94. The minimum atomic E-state index is 0.168. The van der Waals surface area contributed by atoms with E-state index in [9.17, 15) is 4.79 Å². The zero-order valence-electron chi connectivity index (χ0n) is 10.4. The maximum Gasteiger partial charge on any atom is 0.253 e. The predicted octanol–water partition coefficient (Wildman–Crippen LogP) is 3.26. The summed E-state index contributed by atoms with van der Waals surface area (Å²) in [5, 5.41) is 0. The molecule has 2 rings (SSSR count). The fraction of sp³-hybridized carbons (Fsp3) is 0.400. The van der Waals surface area contributed by atoms with Gasteiger partial charge in [0.05, 0.1) is 0 Å². The summed E-state index contributed by atoms with van der Waals surface area (Å²) >= 11 is 0. The highest BCUT2D eigenvalue weighted by Gasteiger charge is 2.19. The quantitative estimate of drug-likeness (QED) is 0.713. The molecule has 0 atom stereocenters. The normalized spacial score (nSPS) is 15.8. The number of rotatable bonds is 2. The number of nitrogens with zero attached hydrogens (tertiary/aromatic N) is 1. The van der Waals surface area contributed by atoms with Gasteiger partial charge in [0.25, 0.3) is 5.91 Å². The first-order valence-electron chi connectivity index (χ1n) is 6.33. The van der Waals surface area contributed by atoms with Gasteiger partial charge in [-0.2, -0.15) is 0 Å². The van der Waals surface area contributed by atoms with Gasteiger partial charge in [0.15, 0.2) is 0 Å². The number of hydrogen-bond acceptors (Lipinski definition) is 1. The molecule has 0 bridgehead atoms. The maximum absolute atomic E-state index is 12.2. The summed E-state index contributed by atoms with van der Waals surface area (Å²) in [6, 6.07) is 9.55. The van der Waals surface area contributed by atoms with Crippen LogP contribution in [-0.4, -0.2) is 23.9 Å². The highest BCUT2D eigenvalue weighted by atomic mass is 16.2. The molecule has 0 saturated carbocycles. The van der Waals surface area contributed by atoms with Crippen LogP contribution in [0.4, 0.5) is 0 Å². The average Bonchev–Trinajstić information content (AvgIpc) is 2.40. The van der Waals surface area contributed by atoms with Crippen LogP contribution in [0.3, 0.4) is 0 Å². The molecule has 2 heteroatoms. The van der Waals surface area contributed by atoms with Crippen molar-refractivity contribution in [2.75, 3.05) is 13.1 Å². The molecule has 17 heavy (non-hydrogen) atoms. The second kappa shape index (κ2) is 5.67. The molecule has 1 aliphatic heterocycles. The molecule has 2 nitrogen and oxygen atoms in total. The summed E-state index contributed by atoms with van der Waals surface area (Å²) < 4.78 is 0. The van der Waals surface area contributed by atoms with Gasteiger partial charge in [-0.05, 0) is 31.4 Å². The predicted molar refractivity (Wildman–Crippen MR) is 70.0 cm³/mol. The van der Waals surface area contributed by atoms with Crippen molar-refractivity contribution < 1.29 is 4.79 Å². The van der Waals surface area contributed by atoms with Crippen LogP contribution in [0, 0.1) is 0 Å². The Morgan fingerprint density at radius 2 is 1.88 bits per heavy atom. The van der Waals surface area contributed by atoms with Crippen molar-refractivity contribution in [1.82, 2.24) is 4.90 Å². The Hall–Kier alpha value is -1.57. The average molecular weight is 229 g/mol. The second-order valence-corrected chi connectivity index (χ2v) is 4.43. The number of allylic oxidation sites excluding steroid dienone is 1. The van der Waals surface area contributed by atoms with Gasteiger partial charge in [0.1, 0.15) is 0 Å². The Labute approximate surface area is 103 Å². The molecule has 0 radical (unpaired) electrons. The van der Waals surface area contributed by atoms with E-state index in [1.807, 2.05) is 35.2 Å². The van der Waals surface area contributed by atoms with Gasteiger partial charge in [0, 0.05) is 18.7 Å². The molecule has 1 saturated heterocycles. The molecule has 1 aliphatic rings. The zero-order valence-corrected chi connectivity index (χ0v) is 10.4. The van der Waals surface area contributed by atoms with Crippen molar-refractivity contribution in [3.63, 3.8) is 0 Å². The van der Waals surface area contributed by atoms with Gasteiger partial charge in [-0.1, -0.05) is 36.8 Å². The van der Waals surface area contributed by atoms with Crippen LogP contribution >= 0.6 is 0 Å². The molecule has 0 spiro atoms. The standard InChI is InChI=1S/C15H19NO/c1-2-6-13-9-11-16(12-10-13)15(17)14-7-4-3-5-8-14/h3-8H,2,9-12H2,1H3. The lowest BCUT2D eigenvalue weighted by molar-refractivity contribution is 0.0743. The lowest BCUT2D eigenvalue weighted by atomic mass is 10.0. The largest absolute Gasteiger partial charge is 0.338 e. The lowest BCUT2D eigenvalue weighted by Crippen LogP contribution is -2.36. The number of benzene rings is 1. The third-order valence-electron chi connectivity index (χ3n) is 3.21. The Balaban J connectivity index is 1.98. The summed E-state index contributed by atoms with van der Waals surface area (Å²) in [6.07, 6.45) is 5.46. The van der Waals surface area contributed by atoms with Gasteiger partial charge in [-0.15, -0.1) is 0 Å². The Kier molecular flexibility index (Phi) is 3.97. The topological polar surface area (TPSA) is 20.3 Å². The van der Waals surface area contributed by atoms with E-state index < -0.39 is 0 Å². The van der Waals surface area contributed by atoms with Crippen LogP contribution < -0.4 is 0 Å². The number of piperidine rings is 1.